The van der Waals surface area contributed by atoms with Gasteiger partial charge in [0.2, 0.25) is 0 Å². The Bertz CT molecular complexity index is 55.3. The molecule has 60 valence electrons. The summed E-state index contributed by atoms with van der Waals surface area (Å²) in [6, 6.07) is 0. The fourth-order valence-corrected chi connectivity index (χ4v) is 0.440. The molecule has 0 aromatic rings. The van der Waals surface area contributed by atoms with Crippen LogP contribution in [0.15, 0.2) is 0 Å². The summed E-state index contributed by atoms with van der Waals surface area (Å²) in [5.41, 5.74) is 0. The van der Waals surface area contributed by atoms with E-state index >= 15 is 0 Å². The fraction of sp³-hybridized carbons (Fsp3) is 1.00. The van der Waals surface area contributed by atoms with Gasteiger partial charge in [-0.05, 0) is 0 Å². The Hall–Kier alpha value is 1.42. The Morgan fingerprint density at radius 2 is 1.00 bits per heavy atom. The first-order valence-electron chi connectivity index (χ1n) is 2.81. The van der Waals surface area contributed by atoms with E-state index in [0.717, 1.165) is 26.4 Å². The molecule has 1 fully saturated rings. The van der Waals surface area contributed by atoms with Crippen LogP contribution in [0.5, 0.6) is 0 Å². The molecule has 6 heteroatoms. The monoisotopic (exact) mass is 336 g/mol. The third kappa shape index (κ3) is 12.1. The molecule has 2 nitrogen and oxygen atoms in total. The highest BCUT2D eigenvalue weighted by Crippen LogP contribution is 2.07. The number of hydrogen-bond donors (Lipinski definition) is 0. The molecule has 0 radical (unpaired) electrons. The van der Waals surface area contributed by atoms with E-state index in [4.69, 9.17) is 9.47 Å². The summed E-state index contributed by atoms with van der Waals surface area (Å²) in [6.45, 7) is 3.11. The molecule has 0 saturated carbocycles. The zero-order chi connectivity index (χ0) is 7.82. The molecule has 1 aliphatic heterocycles. The van der Waals surface area contributed by atoms with Crippen LogP contribution in [0.25, 0.3) is 0 Å². The van der Waals surface area contributed by atoms with Crippen LogP contribution in [0.2, 0.25) is 0 Å². The van der Waals surface area contributed by atoms with Crippen molar-refractivity contribution in [3.8, 4) is 0 Å². The summed E-state index contributed by atoms with van der Waals surface area (Å²) in [7, 11) is 0. The first-order valence-corrected chi connectivity index (χ1v) is 5.56. The number of hydrogen-bond acceptors (Lipinski definition) is 2. The van der Waals surface area contributed by atoms with E-state index in [9.17, 15) is 0 Å². The van der Waals surface area contributed by atoms with E-state index < -0.39 is 0 Å². The van der Waals surface area contributed by atoms with Gasteiger partial charge in [0.1, 0.15) is 0 Å². The molecule has 0 unspecified atom stereocenters. The molecule has 1 saturated heterocycles. The predicted octanol–water partition coefficient (Wildman–Crippen LogP) is 2.19. The lowest BCUT2D eigenvalue weighted by atomic mass is 10.6. The van der Waals surface area contributed by atoms with E-state index in [0.29, 0.717) is 0 Å². The maximum atomic E-state index is 4.94. The van der Waals surface area contributed by atoms with Crippen molar-refractivity contribution < 1.29 is 9.47 Å². The van der Waals surface area contributed by atoms with Gasteiger partial charge in [-0.2, -0.15) is 0 Å². The standard InChI is InChI=1S/C4H8O2.BBr3/c1-2-6-4-3-5-1;2-1(3)4/h1-4H2;. The number of halogens is 3. The van der Waals surface area contributed by atoms with E-state index in [1.165, 1.54) is 0 Å². The number of rotatable bonds is 0. The Balaban J connectivity index is 0.000000180. The van der Waals surface area contributed by atoms with Crippen LogP contribution < -0.4 is 0 Å². The maximum absolute atomic E-state index is 4.94. The van der Waals surface area contributed by atoms with Gasteiger partial charge in [0.25, 0.3) is 0 Å². The maximum Gasteiger partial charge on any atom is 0.369 e. The minimum atomic E-state index is 0.271. The third-order valence-corrected chi connectivity index (χ3v) is 0.744. The van der Waals surface area contributed by atoms with Crippen molar-refractivity contribution in [3.05, 3.63) is 0 Å². The summed E-state index contributed by atoms with van der Waals surface area (Å²) in [4.78, 5) is 0. The smallest absolute Gasteiger partial charge is 0.369 e. The van der Waals surface area contributed by atoms with Gasteiger partial charge in [-0.15, -0.1) is 47.3 Å². The lowest BCUT2D eigenvalue weighted by Crippen LogP contribution is -2.16. The Morgan fingerprint density at radius 3 is 1.10 bits per heavy atom. The minimum absolute atomic E-state index is 0.271. The molecular weight excluding hydrogens is 331 g/mol. The fourth-order valence-electron chi connectivity index (χ4n) is 0.440. The summed E-state index contributed by atoms with van der Waals surface area (Å²) in [6.07, 6.45) is 0. The summed E-state index contributed by atoms with van der Waals surface area (Å²) in [5.74, 6) is 0. The van der Waals surface area contributed by atoms with Gasteiger partial charge in [0, 0.05) is 0 Å². The van der Waals surface area contributed by atoms with Crippen LogP contribution in [0, 0.1) is 0 Å². The minimum Gasteiger partial charge on any atom is -0.377 e. The van der Waals surface area contributed by atoms with Gasteiger partial charge in [-0.3, -0.25) is 0 Å². The molecule has 0 N–H and O–H groups in total. The van der Waals surface area contributed by atoms with Gasteiger partial charge in [-0.1, -0.05) is 0 Å². The Labute approximate surface area is 86.0 Å². The second-order valence-electron chi connectivity index (χ2n) is 1.47. The van der Waals surface area contributed by atoms with E-state index in [2.05, 4.69) is 47.3 Å². The average molecular weight is 339 g/mol. The summed E-state index contributed by atoms with van der Waals surface area (Å²) >= 11 is 9.31. The zero-order valence-corrected chi connectivity index (χ0v) is 10.1. The summed E-state index contributed by atoms with van der Waals surface area (Å²) in [5, 5.41) is 0. The molecule has 0 atom stereocenters. The van der Waals surface area contributed by atoms with Crippen molar-refractivity contribution in [2.75, 3.05) is 26.4 Å². The van der Waals surface area contributed by atoms with Crippen LogP contribution in [-0.4, -0.2) is 29.6 Å². The molecule has 1 heterocycles. The first-order chi connectivity index (χ1) is 4.73. The van der Waals surface area contributed by atoms with Gasteiger partial charge < -0.3 is 9.47 Å². The molecule has 1 rings (SSSR count). The lowest BCUT2D eigenvalue weighted by Gasteiger charge is -2.09. The molecular formula is C4H8BBr3O2. The molecule has 0 aromatic carbocycles. The Kier molecular flexibility index (Phi) is 9.74. The van der Waals surface area contributed by atoms with Gasteiger partial charge in [0.05, 0.1) is 26.4 Å². The van der Waals surface area contributed by atoms with Gasteiger partial charge in [0.15, 0.2) is 0 Å². The zero-order valence-electron chi connectivity index (χ0n) is 5.36. The highest BCUT2D eigenvalue weighted by Gasteiger charge is 1.94. The van der Waals surface area contributed by atoms with Crippen molar-refractivity contribution in [2.45, 2.75) is 0 Å². The van der Waals surface area contributed by atoms with Crippen LogP contribution in [-0.2, 0) is 9.47 Å². The second kappa shape index (κ2) is 8.52. The van der Waals surface area contributed by atoms with E-state index in [-0.39, 0.29) is 3.18 Å². The predicted molar refractivity (Wildman–Crippen MR) is 54.2 cm³/mol. The number of ether oxygens (including phenoxy) is 2. The molecule has 1 aliphatic rings. The molecule has 0 aromatic heterocycles. The highest BCUT2D eigenvalue weighted by atomic mass is 79.9. The van der Waals surface area contributed by atoms with Gasteiger partial charge >= 0.3 is 3.18 Å². The molecule has 10 heavy (non-hydrogen) atoms. The first kappa shape index (κ1) is 11.4. The highest BCUT2D eigenvalue weighted by molar-refractivity contribution is 9.69. The van der Waals surface area contributed by atoms with Crippen molar-refractivity contribution in [2.24, 2.45) is 0 Å². The molecule has 0 spiro atoms. The largest absolute Gasteiger partial charge is 0.377 e. The van der Waals surface area contributed by atoms with Crippen LogP contribution in [0.1, 0.15) is 0 Å². The topological polar surface area (TPSA) is 18.5 Å². The van der Waals surface area contributed by atoms with Crippen molar-refractivity contribution in [1.82, 2.24) is 0 Å². The van der Waals surface area contributed by atoms with Crippen LogP contribution in [0.3, 0.4) is 0 Å². The van der Waals surface area contributed by atoms with Crippen LogP contribution >= 0.6 is 47.3 Å². The van der Waals surface area contributed by atoms with E-state index in [1.807, 2.05) is 0 Å². The van der Waals surface area contributed by atoms with Crippen molar-refractivity contribution >= 4 is 50.5 Å². The quantitative estimate of drug-likeness (QED) is 0.630. The lowest BCUT2D eigenvalue weighted by molar-refractivity contribution is -0.0334. The second-order valence-corrected chi connectivity index (χ2v) is 7.91. The SMILES string of the molecule is BrB(Br)Br.C1COCCO1. The summed E-state index contributed by atoms with van der Waals surface area (Å²) < 4.78 is 10.2. The van der Waals surface area contributed by atoms with Crippen LogP contribution in [0.4, 0.5) is 0 Å². The Morgan fingerprint density at radius 1 is 0.800 bits per heavy atom. The van der Waals surface area contributed by atoms with E-state index in [1.54, 1.807) is 0 Å². The third-order valence-electron chi connectivity index (χ3n) is 0.744. The normalized spacial score (nSPS) is 17.1. The van der Waals surface area contributed by atoms with Crippen molar-refractivity contribution in [1.29, 1.82) is 0 Å². The molecule has 0 bridgehead atoms. The van der Waals surface area contributed by atoms with Gasteiger partial charge in [-0.25, -0.2) is 0 Å². The average Bonchev–Trinajstić information content (AvgIpc) is 1.90. The molecule has 0 amide bonds. The molecule has 0 aliphatic carbocycles. The van der Waals surface area contributed by atoms with Crippen molar-refractivity contribution in [3.63, 3.8) is 0 Å².